The van der Waals surface area contributed by atoms with Crippen LogP contribution in [0.1, 0.15) is 21.5 Å². The maximum Gasteiger partial charge on any atom is 0.337 e. The summed E-state index contributed by atoms with van der Waals surface area (Å²) in [6, 6.07) is 8.85. The minimum absolute atomic E-state index is 0.110. The zero-order chi connectivity index (χ0) is 14.9. The van der Waals surface area contributed by atoms with E-state index in [4.69, 9.17) is 10.8 Å². The van der Waals surface area contributed by atoms with Gasteiger partial charge in [0, 0.05) is 21.5 Å². The Kier molecular flexibility index (Phi) is 3.99. The third kappa shape index (κ3) is 2.93. The number of benzene rings is 2. The van der Waals surface area contributed by atoms with Crippen LogP contribution in [-0.4, -0.2) is 11.1 Å². The highest BCUT2D eigenvalue weighted by atomic mass is 79.9. The molecule has 0 radical (unpaired) electrons. The lowest BCUT2D eigenvalue weighted by molar-refractivity contribution is 0.0698. The van der Waals surface area contributed by atoms with Gasteiger partial charge in [0.15, 0.2) is 0 Å². The zero-order valence-corrected chi connectivity index (χ0v) is 12.8. The molecule has 0 aliphatic rings. The van der Waals surface area contributed by atoms with E-state index in [-0.39, 0.29) is 11.3 Å². The summed E-state index contributed by atoms with van der Waals surface area (Å²) in [5.74, 6) is -1.02. The number of nitrogen functional groups attached to an aromatic ring is 1. The van der Waals surface area contributed by atoms with Crippen molar-refractivity contribution in [2.24, 2.45) is 0 Å². The Labute approximate surface area is 125 Å². The number of halogens is 1. The number of rotatable bonds is 3. The van der Waals surface area contributed by atoms with Crippen LogP contribution in [-0.2, 0) is 0 Å². The van der Waals surface area contributed by atoms with Crippen molar-refractivity contribution in [3.05, 3.63) is 51.5 Å². The molecule has 0 fully saturated rings. The summed E-state index contributed by atoms with van der Waals surface area (Å²) in [6.45, 7) is 4.04. The molecule has 0 amide bonds. The number of nitrogens with one attached hydrogen (secondary N) is 1. The van der Waals surface area contributed by atoms with Gasteiger partial charge >= 0.3 is 5.97 Å². The summed E-state index contributed by atoms with van der Waals surface area (Å²) >= 11 is 3.52. The topological polar surface area (TPSA) is 75.3 Å². The quantitative estimate of drug-likeness (QED) is 0.739. The average molecular weight is 335 g/mol. The van der Waals surface area contributed by atoms with Gasteiger partial charge < -0.3 is 16.2 Å². The van der Waals surface area contributed by atoms with E-state index in [2.05, 4.69) is 21.2 Å². The second kappa shape index (κ2) is 5.54. The summed E-state index contributed by atoms with van der Waals surface area (Å²) in [5.41, 5.74) is 10.0. The highest BCUT2D eigenvalue weighted by molar-refractivity contribution is 9.10. The van der Waals surface area contributed by atoms with Crippen molar-refractivity contribution >= 4 is 39.0 Å². The van der Waals surface area contributed by atoms with E-state index in [1.165, 1.54) is 6.07 Å². The Bertz CT molecular complexity index is 661. The van der Waals surface area contributed by atoms with E-state index in [0.717, 1.165) is 27.0 Å². The van der Waals surface area contributed by atoms with Gasteiger partial charge in [-0.2, -0.15) is 0 Å². The Balaban J connectivity index is 2.31. The minimum Gasteiger partial charge on any atom is -0.478 e. The van der Waals surface area contributed by atoms with Crippen LogP contribution in [0.4, 0.5) is 17.1 Å². The highest BCUT2D eigenvalue weighted by Crippen LogP contribution is 2.28. The molecule has 4 nitrogen and oxygen atoms in total. The van der Waals surface area contributed by atoms with Crippen molar-refractivity contribution in [2.75, 3.05) is 11.1 Å². The summed E-state index contributed by atoms with van der Waals surface area (Å²) in [5, 5.41) is 12.2. The minimum atomic E-state index is -1.02. The molecule has 0 saturated heterocycles. The number of hydrogen-bond donors (Lipinski definition) is 3. The lowest BCUT2D eigenvalue weighted by Gasteiger charge is -2.12. The molecule has 0 aliphatic heterocycles. The maximum atomic E-state index is 10.9. The van der Waals surface area contributed by atoms with Crippen molar-refractivity contribution in [3.8, 4) is 0 Å². The van der Waals surface area contributed by atoms with Crippen LogP contribution < -0.4 is 11.1 Å². The molecule has 104 valence electrons. The number of carbonyl (C=O) groups is 1. The van der Waals surface area contributed by atoms with Gasteiger partial charge in [-0.15, -0.1) is 0 Å². The van der Waals surface area contributed by atoms with Crippen molar-refractivity contribution in [1.29, 1.82) is 0 Å². The van der Waals surface area contributed by atoms with Gasteiger partial charge in [-0.1, -0.05) is 15.9 Å². The monoisotopic (exact) mass is 334 g/mol. The van der Waals surface area contributed by atoms with E-state index in [1.54, 1.807) is 12.1 Å². The first-order valence-electron chi connectivity index (χ1n) is 6.05. The van der Waals surface area contributed by atoms with Crippen molar-refractivity contribution < 1.29 is 9.90 Å². The van der Waals surface area contributed by atoms with Gasteiger partial charge in [0.2, 0.25) is 0 Å². The first-order valence-corrected chi connectivity index (χ1v) is 6.84. The Morgan fingerprint density at radius 2 is 1.75 bits per heavy atom. The fraction of sp³-hybridized carbons (Fsp3) is 0.133. The number of carboxylic acids is 1. The predicted molar refractivity (Wildman–Crippen MR) is 84.7 cm³/mol. The van der Waals surface area contributed by atoms with E-state index in [1.807, 2.05) is 26.0 Å². The number of aromatic carboxylic acids is 1. The van der Waals surface area contributed by atoms with Gasteiger partial charge in [0.25, 0.3) is 0 Å². The van der Waals surface area contributed by atoms with Crippen LogP contribution in [0, 0.1) is 13.8 Å². The molecule has 0 aromatic heterocycles. The number of anilines is 3. The summed E-state index contributed by atoms with van der Waals surface area (Å²) in [6.07, 6.45) is 0. The van der Waals surface area contributed by atoms with Crippen LogP contribution in [0.2, 0.25) is 0 Å². The van der Waals surface area contributed by atoms with Crippen molar-refractivity contribution in [1.82, 2.24) is 0 Å². The summed E-state index contributed by atoms with van der Waals surface area (Å²) < 4.78 is 1.09. The fourth-order valence-corrected chi connectivity index (χ4v) is 2.25. The molecule has 0 spiro atoms. The molecular formula is C15H15BrN2O2. The first-order chi connectivity index (χ1) is 9.38. The van der Waals surface area contributed by atoms with Gasteiger partial charge in [0.05, 0.1) is 5.56 Å². The number of carboxylic acid groups (broad SMARTS) is 1. The standard InChI is InChI=1S/C15H15BrN2O2/c1-8-5-11(6-9(2)14(8)16)18-10-3-4-12(15(19)20)13(17)7-10/h3-7,18H,17H2,1-2H3,(H,19,20). The Morgan fingerprint density at radius 1 is 1.15 bits per heavy atom. The SMILES string of the molecule is Cc1cc(Nc2ccc(C(=O)O)c(N)c2)cc(C)c1Br. The van der Waals surface area contributed by atoms with E-state index >= 15 is 0 Å². The molecule has 0 heterocycles. The van der Waals surface area contributed by atoms with Crippen LogP contribution in [0.5, 0.6) is 0 Å². The predicted octanol–water partition coefficient (Wildman–Crippen LogP) is 4.09. The number of aryl methyl sites for hydroxylation is 2. The Morgan fingerprint density at radius 3 is 2.25 bits per heavy atom. The molecule has 2 aromatic carbocycles. The maximum absolute atomic E-state index is 10.9. The molecule has 2 aromatic rings. The third-order valence-corrected chi connectivity index (χ3v) is 4.26. The second-order valence-corrected chi connectivity index (χ2v) is 5.45. The third-order valence-electron chi connectivity index (χ3n) is 3.01. The zero-order valence-electron chi connectivity index (χ0n) is 11.2. The van der Waals surface area contributed by atoms with Crippen LogP contribution in [0.25, 0.3) is 0 Å². The highest BCUT2D eigenvalue weighted by Gasteiger charge is 2.08. The molecule has 0 bridgehead atoms. The van der Waals surface area contributed by atoms with Crippen molar-refractivity contribution in [3.63, 3.8) is 0 Å². The van der Waals surface area contributed by atoms with Crippen LogP contribution >= 0.6 is 15.9 Å². The molecule has 0 unspecified atom stereocenters. The first kappa shape index (κ1) is 14.4. The van der Waals surface area contributed by atoms with Gasteiger partial charge in [0.1, 0.15) is 0 Å². The average Bonchev–Trinajstić information content (AvgIpc) is 2.35. The van der Waals surface area contributed by atoms with Gasteiger partial charge in [-0.05, 0) is 55.3 Å². The van der Waals surface area contributed by atoms with E-state index < -0.39 is 5.97 Å². The molecule has 20 heavy (non-hydrogen) atoms. The molecule has 0 atom stereocenters. The number of hydrogen-bond acceptors (Lipinski definition) is 3. The smallest absolute Gasteiger partial charge is 0.337 e. The molecule has 0 aliphatic carbocycles. The van der Waals surface area contributed by atoms with Gasteiger partial charge in [-0.25, -0.2) is 4.79 Å². The van der Waals surface area contributed by atoms with E-state index in [9.17, 15) is 4.79 Å². The molecule has 5 heteroatoms. The molecule has 2 rings (SSSR count). The molecular weight excluding hydrogens is 320 g/mol. The van der Waals surface area contributed by atoms with Crippen molar-refractivity contribution in [2.45, 2.75) is 13.8 Å². The normalized spacial score (nSPS) is 10.3. The number of nitrogens with two attached hydrogens (primary N) is 1. The lowest BCUT2D eigenvalue weighted by Crippen LogP contribution is -2.03. The van der Waals surface area contributed by atoms with Gasteiger partial charge in [-0.3, -0.25) is 0 Å². The summed E-state index contributed by atoms with van der Waals surface area (Å²) in [7, 11) is 0. The largest absolute Gasteiger partial charge is 0.478 e. The fourth-order valence-electron chi connectivity index (χ4n) is 2.02. The lowest BCUT2D eigenvalue weighted by atomic mass is 10.1. The Hall–Kier alpha value is -2.01. The summed E-state index contributed by atoms with van der Waals surface area (Å²) in [4.78, 5) is 10.9. The van der Waals surface area contributed by atoms with Crippen LogP contribution in [0.15, 0.2) is 34.8 Å². The molecule has 4 N–H and O–H groups in total. The van der Waals surface area contributed by atoms with Crippen LogP contribution in [0.3, 0.4) is 0 Å². The molecule has 0 saturated carbocycles. The second-order valence-electron chi connectivity index (χ2n) is 4.66. The van der Waals surface area contributed by atoms with E-state index in [0.29, 0.717) is 0 Å².